The minimum Gasteiger partial charge on any atom is -0.337 e. The Balaban J connectivity index is 2.52. The molecular weight excluding hydrogens is 222 g/mol. The third-order valence-corrected chi connectivity index (χ3v) is 3.66. The van der Waals surface area contributed by atoms with Crippen molar-refractivity contribution < 1.29 is 0 Å². The van der Waals surface area contributed by atoms with Crippen LogP contribution in [0.15, 0.2) is 24.5 Å². The van der Waals surface area contributed by atoms with Gasteiger partial charge in [0.15, 0.2) is 0 Å². The molecule has 1 aromatic carbocycles. The van der Waals surface area contributed by atoms with Gasteiger partial charge < -0.3 is 10.3 Å². The number of nitrogens with zero attached hydrogens (tertiary/aromatic N) is 2. The second kappa shape index (κ2) is 4.94. The van der Waals surface area contributed by atoms with Gasteiger partial charge in [-0.3, -0.25) is 0 Å². The Kier molecular flexibility index (Phi) is 3.53. The van der Waals surface area contributed by atoms with Crippen LogP contribution in [0.2, 0.25) is 0 Å². The van der Waals surface area contributed by atoms with Gasteiger partial charge in [-0.1, -0.05) is 12.1 Å². The van der Waals surface area contributed by atoms with Crippen molar-refractivity contribution in [2.24, 2.45) is 12.8 Å². The summed E-state index contributed by atoms with van der Waals surface area (Å²) in [5.41, 5.74) is 11.2. The first-order valence-corrected chi connectivity index (χ1v) is 6.29. The summed E-state index contributed by atoms with van der Waals surface area (Å²) in [4.78, 5) is 4.44. The molecule has 3 heteroatoms. The molecule has 1 unspecified atom stereocenters. The molecule has 1 aromatic heterocycles. The van der Waals surface area contributed by atoms with Gasteiger partial charge in [0.2, 0.25) is 0 Å². The number of hydrogen-bond donors (Lipinski definition) is 1. The Morgan fingerprint density at radius 2 is 1.83 bits per heavy atom. The van der Waals surface area contributed by atoms with Gasteiger partial charge in [-0.15, -0.1) is 0 Å². The monoisotopic (exact) mass is 243 g/mol. The zero-order chi connectivity index (χ0) is 13.3. The summed E-state index contributed by atoms with van der Waals surface area (Å²) in [7, 11) is 2.02. The van der Waals surface area contributed by atoms with Crippen molar-refractivity contribution in [1.82, 2.24) is 9.55 Å². The first-order chi connectivity index (χ1) is 8.54. The lowest BCUT2D eigenvalue weighted by molar-refractivity contribution is 0.694. The van der Waals surface area contributed by atoms with Gasteiger partial charge in [0.05, 0.1) is 5.92 Å². The summed E-state index contributed by atoms with van der Waals surface area (Å²) < 4.78 is 2.05. The summed E-state index contributed by atoms with van der Waals surface area (Å²) in [6.07, 6.45) is 3.79. The highest BCUT2D eigenvalue weighted by atomic mass is 15.0. The number of nitrogens with two attached hydrogens (primary N) is 1. The molecule has 0 fully saturated rings. The molecule has 0 radical (unpaired) electrons. The predicted molar refractivity (Wildman–Crippen MR) is 74.8 cm³/mol. The van der Waals surface area contributed by atoms with E-state index in [2.05, 4.69) is 37.9 Å². The molecule has 1 atom stereocenters. The molecule has 3 nitrogen and oxygen atoms in total. The first kappa shape index (κ1) is 12.8. The first-order valence-electron chi connectivity index (χ1n) is 6.29. The van der Waals surface area contributed by atoms with Crippen molar-refractivity contribution >= 4 is 0 Å². The SMILES string of the molecule is Cc1cc(C)c(C(CN)c2nccn2C)cc1C. The van der Waals surface area contributed by atoms with Crippen molar-refractivity contribution in [2.75, 3.05) is 6.54 Å². The fraction of sp³-hybridized carbons (Fsp3) is 0.400. The maximum atomic E-state index is 5.97. The lowest BCUT2D eigenvalue weighted by atomic mass is 9.90. The van der Waals surface area contributed by atoms with Gasteiger partial charge in [0.1, 0.15) is 5.82 Å². The summed E-state index contributed by atoms with van der Waals surface area (Å²) in [5.74, 6) is 1.20. The Bertz CT molecular complexity index is 555. The average Bonchev–Trinajstić information content (AvgIpc) is 2.73. The van der Waals surface area contributed by atoms with Crippen LogP contribution in [0, 0.1) is 20.8 Å². The normalized spacial score (nSPS) is 12.7. The lowest BCUT2D eigenvalue weighted by Crippen LogP contribution is -2.18. The van der Waals surface area contributed by atoms with Crippen molar-refractivity contribution in [1.29, 1.82) is 0 Å². The molecule has 0 saturated heterocycles. The van der Waals surface area contributed by atoms with Gasteiger partial charge in [-0.2, -0.15) is 0 Å². The number of imidazole rings is 1. The van der Waals surface area contributed by atoms with Crippen LogP contribution in [0.4, 0.5) is 0 Å². The Labute approximate surface area is 109 Å². The van der Waals surface area contributed by atoms with Crippen LogP contribution in [0.3, 0.4) is 0 Å². The van der Waals surface area contributed by atoms with Gasteiger partial charge in [-0.05, 0) is 43.0 Å². The summed E-state index contributed by atoms with van der Waals surface area (Å²) in [6.45, 7) is 7.01. The molecule has 2 N–H and O–H groups in total. The highest BCUT2D eigenvalue weighted by molar-refractivity contribution is 5.41. The third-order valence-electron chi connectivity index (χ3n) is 3.66. The van der Waals surface area contributed by atoms with Crippen molar-refractivity contribution in [3.8, 4) is 0 Å². The number of benzene rings is 1. The smallest absolute Gasteiger partial charge is 0.117 e. The molecule has 0 bridgehead atoms. The number of rotatable bonds is 3. The second-order valence-corrected chi connectivity index (χ2v) is 4.98. The fourth-order valence-corrected chi connectivity index (χ4v) is 2.44. The molecule has 0 saturated carbocycles. The molecule has 1 heterocycles. The molecule has 0 aliphatic rings. The maximum absolute atomic E-state index is 5.97. The molecule has 0 aliphatic heterocycles. The minimum atomic E-state index is 0.171. The Morgan fingerprint density at radius 3 is 2.39 bits per heavy atom. The highest BCUT2D eigenvalue weighted by Crippen LogP contribution is 2.27. The highest BCUT2D eigenvalue weighted by Gasteiger charge is 2.19. The second-order valence-electron chi connectivity index (χ2n) is 4.98. The molecule has 18 heavy (non-hydrogen) atoms. The van der Waals surface area contributed by atoms with Crippen LogP contribution < -0.4 is 5.73 Å². The lowest BCUT2D eigenvalue weighted by Gasteiger charge is -2.19. The standard InChI is InChI=1S/C15H21N3/c1-10-7-12(3)13(8-11(10)2)14(9-16)15-17-5-6-18(15)4/h5-8,14H,9,16H2,1-4H3. The molecule has 2 rings (SSSR count). The fourth-order valence-electron chi connectivity index (χ4n) is 2.44. The summed E-state index contributed by atoms with van der Waals surface area (Å²) in [5, 5.41) is 0. The maximum Gasteiger partial charge on any atom is 0.117 e. The Hall–Kier alpha value is -1.61. The Morgan fingerprint density at radius 1 is 1.17 bits per heavy atom. The van der Waals surface area contributed by atoms with E-state index < -0.39 is 0 Å². The largest absolute Gasteiger partial charge is 0.337 e. The van der Waals surface area contributed by atoms with E-state index >= 15 is 0 Å². The molecule has 0 amide bonds. The molecule has 2 aromatic rings. The molecule has 0 aliphatic carbocycles. The van der Waals surface area contributed by atoms with Crippen molar-refractivity contribution in [3.63, 3.8) is 0 Å². The zero-order valence-corrected chi connectivity index (χ0v) is 11.6. The van der Waals surface area contributed by atoms with E-state index in [9.17, 15) is 0 Å². The topological polar surface area (TPSA) is 43.8 Å². The summed E-state index contributed by atoms with van der Waals surface area (Å²) >= 11 is 0. The van der Waals surface area contributed by atoms with Crippen LogP contribution in [0.1, 0.15) is 34.0 Å². The van der Waals surface area contributed by atoms with Gasteiger partial charge in [0.25, 0.3) is 0 Å². The van der Waals surface area contributed by atoms with E-state index in [1.165, 1.54) is 22.3 Å². The van der Waals surface area contributed by atoms with Crippen LogP contribution in [0.25, 0.3) is 0 Å². The molecule has 0 spiro atoms. The van der Waals surface area contributed by atoms with Gasteiger partial charge >= 0.3 is 0 Å². The van der Waals surface area contributed by atoms with E-state index in [-0.39, 0.29) is 5.92 Å². The number of hydrogen-bond acceptors (Lipinski definition) is 2. The van der Waals surface area contributed by atoms with Crippen LogP contribution in [-0.2, 0) is 7.05 Å². The van der Waals surface area contributed by atoms with Gasteiger partial charge in [-0.25, -0.2) is 4.98 Å². The van der Waals surface area contributed by atoms with E-state index in [1.54, 1.807) is 0 Å². The quantitative estimate of drug-likeness (QED) is 0.899. The van der Waals surface area contributed by atoms with E-state index in [0.717, 1.165) is 5.82 Å². The summed E-state index contributed by atoms with van der Waals surface area (Å²) in [6, 6.07) is 4.48. The van der Waals surface area contributed by atoms with E-state index in [1.807, 2.05) is 24.0 Å². The third kappa shape index (κ3) is 2.18. The number of aryl methyl sites for hydroxylation is 4. The van der Waals surface area contributed by atoms with Gasteiger partial charge in [0, 0.05) is 26.0 Å². The average molecular weight is 243 g/mol. The molecular formula is C15H21N3. The van der Waals surface area contributed by atoms with Crippen molar-refractivity contribution in [3.05, 3.63) is 52.6 Å². The van der Waals surface area contributed by atoms with Crippen LogP contribution in [0.5, 0.6) is 0 Å². The predicted octanol–water partition coefficient (Wildman–Crippen LogP) is 2.44. The molecule has 96 valence electrons. The minimum absolute atomic E-state index is 0.171. The van der Waals surface area contributed by atoms with Crippen molar-refractivity contribution in [2.45, 2.75) is 26.7 Å². The van der Waals surface area contributed by atoms with Crippen LogP contribution in [-0.4, -0.2) is 16.1 Å². The van der Waals surface area contributed by atoms with E-state index in [4.69, 9.17) is 5.73 Å². The number of aromatic nitrogens is 2. The van der Waals surface area contributed by atoms with E-state index in [0.29, 0.717) is 6.54 Å². The van der Waals surface area contributed by atoms with Crippen LogP contribution >= 0.6 is 0 Å². The zero-order valence-electron chi connectivity index (χ0n) is 11.6.